The molecule has 0 radical (unpaired) electrons. The van der Waals surface area contributed by atoms with Crippen molar-refractivity contribution in [3.05, 3.63) is 28.8 Å². The lowest BCUT2D eigenvalue weighted by molar-refractivity contribution is -0.141. The Kier molecular flexibility index (Phi) is 7.28. The number of amides is 1. The fourth-order valence-corrected chi connectivity index (χ4v) is 6.34. The fraction of sp³-hybridized carbons (Fsp3) is 0.667. The van der Waals surface area contributed by atoms with E-state index in [-0.39, 0.29) is 37.0 Å². The summed E-state index contributed by atoms with van der Waals surface area (Å²) in [5.41, 5.74) is -1.18. The lowest BCUT2D eigenvalue weighted by Crippen LogP contribution is -2.49. The van der Waals surface area contributed by atoms with Crippen LogP contribution in [0, 0.1) is 5.92 Å². The summed E-state index contributed by atoms with van der Waals surface area (Å²) in [4.78, 5) is 14.7. The molecule has 31 heavy (non-hydrogen) atoms. The van der Waals surface area contributed by atoms with Gasteiger partial charge in [-0.2, -0.15) is 17.5 Å². The molecular formula is C21H28ClF3N2O3S. The van der Waals surface area contributed by atoms with Crippen LogP contribution in [0.2, 0.25) is 5.02 Å². The average Bonchev–Trinajstić information content (AvgIpc) is 3.21. The molecule has 0 bridgehead atoms. The number of sulfonamides is 1. The quantitative estimate of drug-likeness (QED) is 0.599. The highest BCUT2D eigenvalue weighted by Crippen LogP contribution is 2.37. The number of rotatable bonds is 5. The Morgan fingerprint density at radius 1 is 1.13 bits per heavy atom. The van der Waals surface area contributed by atoms with Crippen LogP contribution in [-0.4, -0.2) is 48.7 Å². The molecule has 3 rings (SSSR count). The summed E-state index contributed by atoms with van der Waals surface area (Å²) >= 11 is 5.61. The monoisotopic (exact) mass is 480 g/mol. The topological polar surface area (TPSA) is 57.7 Å². The Hall–Kier alpha value is -1.32. The first kappa shape index (κ1) is 24.3. The number of piperidine rings is 1. The van der Waals surface area contributed by atoms with E-state index in [1.165, 1.54) is 0 Å². The number of halogens is 4. The zero-order valence-electron chi connectivity index (χ0n) is 17.7. The third-order valence-corrected chi connectivity index (χ3v) is 8.44. The average molecular weight is 481 g/mol. The third-order valence-electron chi connectivity index (χ3n) is 6.21. The molecule has 1 aromatic carbocycles. The number of hydrogen-bond acceptors (Lipinski definition) is 3. The summed E-state index contributed by atoms with van der Waals surface area (Å²) in [5, 5.41) is -0.545. The number of benzene rings is 1. The molecule has 0 unspecified atom stereocenters. The second-order valence-electron chi connectivity index (χ2n) is 8.60. The van der Waals surface area contributed by atoms with Crippen LogP contribution in [0.15, 0.2) is 23.1 Å². The zero-order chi connectivity index (χ0) is 23.0. The Morgan fingerprint density at radius 3 is 2.23 bits per heavy atom. The van der Waals surface area contributed by atoms with Gasteiger partial charge in [0.05, 0.1) is 15.5 Å². The summed E-state index contributed by atoms with van der Waals surface area (Å²) in [6, 6.07) is 2.94. The molecule has 2 aliphatic rings. The first-order valence-electron chi connectivity index (χ1n) is 10.6. The molecule has 1 aliphatic heterocycles. The lowest BCUT2D eigenvalue weighted by atomic mass is 9.95. The van der Waals surface area contributed by atoms with E-state index in [1.807, 2.05) is 18.7 Å². The highest BCUT2D eigenvalue weighted by atomic mass is 35.5. The van der Waals surface area contributed by atoms with Gasteiger partial charge >= 0.3 is 6.18 Å². The van der Waals surface area contributed by atoms with Gasteiger partial charge in [0.15, 0.2) is 0 Å². The smallest absolute Gasteiger partial charge is 0.337 e. The number of carbonyl (C=O) groups excluding carboxylic acids is 1. The van der Waals surface area contributed by atoms with Gasteiger partial charge < -0.3 is 4.90 Å². The number of nitrogens with zero attached hydrogens (tertiary/aromatic N) is 2. The van der Waals surface area contributed by atoms with Crippen LogP contribution in [0.25, 0.3) is 0 Å². The summed E-state index contributed by atoms with van der Waals surface area (Å²) < 4.78 is 66.4. The van der Waals surface area contributed by atoms with Gasteiger partial charge in [-0.1, -0.05) is 24.4 Å². The summed E-state index contributed by atoms with van der Waals surface area (Å²) in [7, 11) is -4.11. The zero-order valence-corrected chi connectivity index (χ0v) is 19.2. The van der Waals surface area contributed by atoms with Gasteiger partial charge in [0.1, 0.15) is 0 Å². The van der Waals surface area contributed by atoms with E-state index < -0.39 is 31.7 Å². The van der Waals surface area contributed by atoms with Gasteiger partial charge in [0.2, 0.25) is 15.9 Å². The van der Waals surface area contributed by atoms with Crippen LogP contribution in [0.3, 0.4) is 0 Å². The van der Waals surface area contributed by atoms with E-state index in [4.69, 9.17) is 11.6 Å². The lowest BCUT2D eigenvalue weighted by Gasteiger charge is -2.38. The van der Waals surface area contributed by atoms with Crippen molar-refractivity contribution in [1.82, 2.24) is 9.21 Å². The minimum atomic E-state index is -4.75. The van der Waals surface area contributed by atoms with Crippen molar-refractivity contribution in [3.8, 4) is 0 Å². The van der Waals surface area contributed by atoms with Crippen molar-refractivity contribution < 1.29 is 26.4 Å². The number of hydrogen-bond donors (Lipinski definition) is 0. The number of carbonyl (C=O) groups is 1. The van der Waals surface area contributed by atoms with E-state index in [9.17, 15) is 26.4 Å². The van der Waals surface area contributed by atoms with Gasteiger partial charge in [-0.3, -0.25) is 4.79 Å². The van der Waals surface area contributed by atoms with E-state index in [1.54, 1.807) is 0 Å². The highest BCUT2D eigenvalue weighted by Gasteiger charge is 2.39. The van der Waals surface area contributed by atoms with Crippen molar-refractivity contribution in [3.63, 3.8) is 0 Å². The Balaban J connectivity index is 1.72. The maximum atomic E-state index is 13.2. The standard InChI is InChI=1S/C21H28ClF3N2O3S/c1-14(2)27(16-5-3-4-6-16)20(28)15-9-11-26(12-10-15)31(29,30)17-7-8-19(22)18(13-17)21(23,24)25/h7-8,13-16H,3-6,9-12H2,1-2H3. The minimum absolute atomic E-state index is 0.0600. The molecule has 1 heterocycles. The molecule has 1 amide bonds. The van der Waals surface area contributed by atoms with Gasteiger partial charge in [-0.25, -0.2) is 8.42 Å². The minimum Gasteiger partial charge on any atom is -0.337 e. The molecule has 0 N–H and O–H groups in total. The van der Waals surface area contributed by atoms with Gasteiger partial charge in [-0.15, -0.1) is 0 Å². The molecule has 0 aromatic heterocycles. The van der Waals surface area contributed by atoms with Gasteiger partial charge in [0, 0.05) is 31.1 Å². The van der Waals surface area contributed by atoms with E-state index in [0.717, 1.165) is 42.1 Å². The number of alkyl halides is 3. The Morgan fingerprint density at radius 2 is 1.71 bits per heavy atom. The SMILES string of the molecule is CC(C)N(C(=O)C1CCN(S(=O)(=O)c2ccc(Cl)c(C(F)(F)F)c2)CC1)C1CCCC1. The van der Waals surface area contributed by atoms with Crippen LogP contribution in [0.1, 0.15) is 57.9 Å². The third kappa shape index (κ3) is 5.20. The molecule has 1 saturated heterocycles. The maximum absolute atomic E-state index is 13.2. The molecule has 1 aromatic rings. The fourth-order valence-electron chi connectivity index (χ4n) is 4.62. The van der Waals surface area contributed by atoms with Crippen molar-refractivity contribution in [1.29, 1.82) is 0 Å². The molecule has 5 nitrogen and oxygen atoms in total. The first-order chi connectivity index (χ1) is 14.4. The molecule has 0 atom stereocenters. The van der Waals surface area contributed by atoms with E-state index in [2.05, 4.69) is 0 Å². The second-order valence-corrected chi connectivity index (χ2v) is 10.9. The predicted molar refractivity (Wildman–Crippen MR) is 112 cm³/mol. The Bertz CT molecular complexity index is 907. The van der Waals surface area contributed by atoms with Crippen molar-refractivity contribution in [2.24, 2.45) is 5.92 Å². The van der Waals surface area contributed by atoms with Crippen molar-refractivity contribution >= 4 is 27.5 Å². The van der Waals surface area contributed by atoms with Gasteiger partial charge in [0.25, 0.3) is 0 Å². The van der Waals surface area contributed by atoms with Crippen LogP contribution in [-0.2, 0) is 21.0 Å². The molecule has 1 saturated carbocycles. The van der Waals surface area contributed by atoms with Crippen molar-refractivity contribution in [2.45, 2.75) is 75.5 Å². The van der Waals surface area contributed by atoms with Gasteiger partial charge in [-0.05, 0) is 57.7 Å². The van der Waals surface area contributed by atoms with Crippen molar-refractivity contribution in [2.75, 3.05) is 13.1 Å². The largest absolute Gasteiger partial charge is 0.417 e. The molecule has 174 valence electrons. The van der Waals surface area contributed by atoms with E-state index >= 15 is 0 Å². The van der Waals surface area contributed by atoms with Crippen LogP contribution in [0.4, 0.5) is 13.2 Å². The predicted octanol–water partition coefficient (Wildman–Crippen LogP) is 4.94. The normalized spacial score (nSPS) is 19.8. The first-order valence-corrected chi connectivity index (χ1v) is 12.4. The molecule has 0 spiro atoms. The second kappa shape index (κ2) is 9.27. The molecule has 2 fully saturated rings. The van der Waals surface area contributed by atoms with Crippen LogP contribution in [0.5, 0.6) is 0 Å². The molecular weight excluding hydrogens is 453 g/mol. The summed E-state index contributed by atoms with van der Waals surface area (Å²) in [6.45, 7) is 4.18. The van der Waals surface area contributed by atoms with Crippen LogP contribution >= 0.6 is 11.6 Å². The van der Waals surface area contributed by atoms with Crippen LogP contribution < -0.4 is 0 Å². The highest BCUT2D eigenvalue weighted by molar-refractivity contribution is 7.89. The summed E-state index contributed by atoms with van der Waals surface area (Å²) in [6.07, 6.45) is 0.173. The molecule has 1 aliphatic carbocycles. The summed E-state index contributed by atoms with van der Waals surface area (Å²) in [5.74, 6) is -0.213. The van der Waals surface area contributed by atoms with E-state index in [0.29, 0.717) is 18.9 Å². The molecule has 10 heteroatoms. The Labute approximate surface area is 186 Å². The maximum Gasteiger partial charge on any atom is 0.417 e.